The Morgan fingerprint density at radius 1 is 1.03 bits per heavy atom. The third-order valence-electron chi connectivity index (χ3n) is 5.78. The number of nitrogens with one attached hydrogen (secondary N) is 1. The number of phenolic OH excluding ortho intramolecular Hbond substituents is 1. The van der Waals surface area contributed by atoms with Gasteiger partial charge in [-0.2, -0.15) is 0 Å². The van der Waals surface area contributed by atoms with Crippen molar-refractivity contribution in [2.24, 2.45) is 0 Å². The largest absolute Gasteiger partial charge is 0.508 e. The van der Waals surface area contributed by atoms with Crippen LogP contribution in [-0.2, 0) is 4.74 Å². The molecule has 0 aliphatic rings. The molecule has 4 aromatic rings. The third-order valence-corrected chi connectivity index (χ3v) is 5.78. The van der Waals surface area contributed by atoms with Crippen LogP contribution in [0.2, 0.25) is 0 Å². The van der Waals surface area contributed by atoms with Crippen LogP contribution in [0.3, 0.4) is 0 Å². The second kappa shape index (κ2) is 10.6. The number of carbonyl (C=O) groups is 2. The molecule has 0 spiro atoms. The van der Waals surface area contributed by atoms with Gasteiger partial charge in [0.05, 0.1) is 25.4 Å². The van der Waals surface area contributed by atoms with E-state index in [4.69, 9.17) is 4.74 Å². The molecule has 0 saturated carbocycles. The Balaban J connectivity index is 1.96. The summed E-state index contributed by atoms with van der Waals surface area (Å²) < 4.78 is 39.3. The zero-order valence-electron chi connectivity index (χ0n) is 20.6. The summed E-state index contributed by atoms with van der Waals surface area (Å²) in [5.74, 6) is -2.34. The van der Waals surface area contributed by atoms with Gasteiger partial charge in [0.25, 0.3) is 5.91 Å². The van der Waals surface area contributed by atoms with Gasteiger partial charge in [-0.1, -0.05) is 0 Å². The highest BCUT2D eigenvalue weighted by molar-refractivity contribution is 6.07. The lowest BCUT2D eigenvalue weighted by Crippen LogP contribution is -2.35. The quantitative estimate of drug-likeness (QED) is 0.375. The van der Waals surface area contributed by atoms with Gasteiger partial charge in [0, 0.05) is 53.8 Å². The molecule has 11 heteroatoms. The van der Waals surface area contributed by atoms with Gasteiger partial charge >= 0.3 is 6.09 Å². The fourth-order valence-corrected chi connectivity index (χ4v) is 4.04. The van der Waals surface area contributed by atoms with Crippen LogP contribution < -0.4 is 20.4 Å². The summed E-state index contributed by atoms with van der Waals surface area (Å²) in [5, 5.41) is 12.8. The molecule has 0 radical (unpaired) electrons. The molecule has 0 saturated heterocycles. The lowest BCUT2D eigenvalue weighted by atomic mass is 10.1. The van der Waals surface area contributed by atoms with Crippen LogP contribution in [0.1, 0.15) is 17.3 Å². The Morgan fingerprint density at radius 2 is 1.74 bits per heavy atom. The number of ether oxygens (including phenoxy) is 2. The number of hydrogen-bond acceptors (Lipinski definition) is 6. The minimum atomic E-state index is -0.875. The standard InChI is InChI=1S/C27H23F2N3O6/c1-4-31(18-8-15(28)7-16(29)9-18)26(35)23-14-32(24-13-20(33)5-6-22(24)25(23)34)19-10-17(30-27(36)38-3)11-21(12-19)37-2/h5-14,33H,4H2,1-3H3,(H,30,36). The van der Waals surface area contributed by atoms with Crippen LogP contribution in [-0.4, -0.2) is 42.4 Å². The monoisotopic (exact) mass is 523 g/mol. The number of aromatic nitrogens is 1. The Morgan fingerprint density at radius 3 is 2.37 bits per heavy atom. The maximum Gasteiger partial charge on any atom is 0.411 e. The summed E-state index contributed by atoms with van der Waals surface area (Å²) >= 11 is 0. The SMILES string of the molecule is CCN(C(=O)c1cn(-c2cc(NC(=O)OC)cc(OC)c2)c2cc(O)ccc2c1=O)c1cc(F)cc(F)c1. The van der Waals surface area contributed by atoms with Crippen molar-refractivity contribution >= 4 is 34.3 Å². The summed E-state index contributed by atoms with van der Waals surface area (Å²) in [6.45, 7) is 1.62. The van der Waals surface area contributed by atoms with Gasteiger partial charge in [0.15, 0.2) is 0 Å². The number of nitrogens with zero attached hydrogens (tertiary/aromatic N) is 2. The molecule has 0 aliphatic carbocycles. The number of phenols is 1. The smallest absolute Gasteiger partial charge is 0.411 e. The number of rotatable bonds is 6. The van der Waals surface area contributed by atoms with Gasteiger partial charge in [0.1, 0.15) is 28.7 Å². The number of benzene rings is 3. The number of hydrogen-bond donors (Lipinski definition) is 2. The number of carbonyl (C=O) groups excluding carboxylic acids is 2. The van der Waals surface area contributed by atoms with Crippen molar-refractivity contribution in [3.8, 4) is 17.2 Å². The van der Waals surface area contributed by atoms with E-state index in [0.717, 1.165) is 17.0 Å². The molecule has 1 aromatic heterocycles. The van der Waals surface area contributed by atoms with Gasteiger partial charge < -0.3 is 24.0 Å². The second-order valence-corrected chi connectivity index (χ2v) is 8.16. The fraction of sp³-hybridized carbons (Fsp3) is 0.148. The van der Waals surface area contributed by atoms with Crippen LogP contribution in [0.4, 0.5) is 25.0 Å². The molecule has 2 N–H and O–H groups in total. The fourth-order valence-electron chi connectivity index (χ4n) is 4.04. The van der Waals surface area contributed by atoms with E-state index in [1.165, 1.54) is 49.2 Å². The first kappa shape index (κ1) is 26.1. The van der Waals surface area contributed by atoms with E-state index < -0.39 is 29.1 Å². The maximum atomic E-state index is 13.9. The predicted molar refractivity (Wildman–Crippen MR) is 137 cm³/mol. The van der Waals surface area contributed by atoms with Gasteiger partial charge in [0.2, 0.25) is 5.43 Å². The summed E-state index contributed by atoms with van der Waals surface area (Å²) in [6.07, 6.45) is 0.532. The summed E-state index contributed by atoms with van der Waals surface area (Å²) in [4.78, 5) is 39.9. The number of fused-ring (bicyclic) bond motifs is 1. The topological polar surface area (TPSA) is 110 Å². The van der Waals surface area contributed by atoms with E-state index in [2.05, 4.69) is 10.1 Å². The molecular formula is C27H23F2N3O6. The van der Waals surface area contributed by atoms with Crippen molar-refractivity contribution in [2.45, 2.75) is 6.92 Å². The van der Waals surface area contributed by atoms with Crippen molar-refractivity contribution in [2.75, 3.05) is 31.0 Å². The number of pyridine rings is 1. The number of methoxy groups -OCH3 is 2. The van der Waals surface area contributed by atoms with E-state index in [-0.39, 0.29) is 40.1 Å². The summed E-state index contributed by atoms with van der Waals surface area (Å²) in [5.41, 5.74) is -0.0921. The number of halogens is 2. The van der Waals surface area contributed by atoms with Gasteiger partial charge in [-0.3, -0.25) is 14.9 Å². The van der Waals surface area contributed by atoms with Crippen molar-refractivity contribution in [3.63, 3.8) is 0 Å². The molecular weight excluding hydrogens is 500 g/mol. The molecule has 38 heavy (non-hydrogen) atoms. The normalized spacial score (nSPS) is 10.8. The lowest BCUT2D eigenvalue weighted by molar-refractivity contribution is 0.0987. The van der Waals surface area contributed by atoms with Crippen molar-refractivity contribution in [1.82, 2.24) is 4.57 Å². The first-order valence-electron chi connectivity index (χ1n) is 11.4. The van der Waals surface area contributed by atoms with E-state index in [1.807, 2.05) is 0 Å². The van der Waals surface area contributed by atoms with E-state index in [1.54, 1.807) is 19.1 Å². The first-order chi connectivity index (χ1) is 18.1. The third kappa shape index (κ3) is 5.12. The molecule has 0 atom stereocenters. The zero-order chi connectivity index (χ0) is 27.6. The van der Waals surface area contributed by atoms with Gasteiger partial charge in [-0.05, 0) is 37.3 Å². The Labute approximate surface area is 215 Å². The average molecular weight is 523 g/mol. The maximum absolute atomic E-state index is 13.9. The predicted octanol–water partition coefficient (Wildman–Crippen LogP) is 4.83. The molecule has 0 bridgehead atoms. The minimum Gasteiger partial charge on any atom is -0.508 e. The van der Waals surface area contributed by atoms with Crippen molar-refractivity contribution < 1.29 is 33.0 Å². The first-order valence-corrected chi connectivity index (χ1v) is 11.4. The number of amides is 2. The highest BCUT2D eigenvalue weighted by Crippen LogP contribution is 2.28. The molecule has 9 nitrogen and oxygen atoms in total. The molecule has 1 heterocycles. The highest BCUT2D eigenvalue weighted by atomic mass is 19.1. The van der Waals surface area contributed by atoms with Gasteiger partial charge in [-0.25, -0.2) is 13.6 Å². The molecule has 0 unspecified atom stereocenters. The number of anilines is 2. The van der Waals surface area contributed by atoms with Gasteiger partial charge in [-0.15, -0.1) is 0 Å². The Hall–Kier alpha value is -4.93. The van der Waals surface area contributed by atoms with E-state index >= 15 is 0 Å². The second-order valence-electron chi connectivity index (χ2n) is 8.16. The van der Waals surface area contributed by atoms with Crippen LogP contribution in [0.15, 0.2) is 65.6 Å². The molecule has 2 amide bonds. The Kier molecular flexibility index (Phi) is 7.28. The average Bonchev–Trinajstić information content (AvgIpc) is 2.88. The summed E-state index contributed by atoms with van der Waals surface area (Å²) in [7, 11) is 2.62. The lowest BCUT2D eigenvalue weighted by Gasteiger charge is -2.22. The zero-order valence-corrected chi connectivity index (χ0v) is 20.6. The van der Waals surface area contributed by atoms with Crippen molar-refractivity contribution in [3.05, 3.63) is 88.2 Å². The van der Waals surface area contributed by atoms with Crippen molar-refractivity contribution in [1.29, 1.82) is 0 Å². The Bertz CT molecular complexity index is 1600. The van der Waals surface area contributed by atoms with E-state index in [0.29, 0.717) is 17.5 Å². The van der Waals surface area contributed by atoms with Crippen LogP contribution in [0, 0.1) is 11.6 Å². The van der Waals surface area contributed by atoms with E-state index in [9.17, 15) is 28.3 Å². The van der Waals surface area contributed by atoms with Crippen LogP contribution in [0.5, 0.6) is 11.5 Å². The molecule has 0 aliphatic heterocycles. The molecule has 4 rings (SSSR count). The summed E-state index contributed by atoms with van der Waals surface area (Å²) in [6, 6.07) is 11.3. The minimum absolute atomic E-state index is 0.0150. The molecule has 3 aromatic carbocycles. The molecule has 0 fully saturated rings. The van der Waals surface area contributed by atoms with Crippen LogP contribution >= 0.6 is 0 Å². The number of aromatic hydroxyl groups is 1. The molecule has 196 valence electrons. The highest BCUT2D eigenvalue weighted by Gasteiger charge is 2.23. The van der Waals surface area contributed by atoms with Crippen LogP contribution in [0.25, 0.3) is 16.6 Å².